The molecule has 1 heterocycles. The minimum Gasteiger partial charge on any atom is -0.352 e. The Hall–Kier alpha value is -1.10. The van der Waals surface area contributed by atoms with Crippen molar-refractivity contribution in [2.45, 2.75) is 38.8 Å². The maximum atomic E-state index is 11.9. The van der Waals surface area contributed by atoms with E-state index in [2.05, 4.69) is 10.6 Å². The summed E-state index contributed by atoms with van der Waals surface area (Å²) in [7, 11) is 1.78. The number of hydrogen-bond donors (Lipinski definition) is 2. The number of carbonyl (C=O) groups excluding carboxylic acids is 2. The van der Waals surface area contributed by atoms with E-state index in [1.54, 1.807) is 7.05 Å². The molecule has 2 N–H and O–H groups in total. The second-order valence-corrected chi connectivity index (χ2v) is 4.33. The highest BCUT2D eigenvalue weighted by Gasteiger charge is 2.26. The van der Waals surface area contributed by atoms with Crippen LogP contribution in [-0.4, -0.2) is 48.9 Å². The van der Waals surface area contributed by atoms with Crippen LogP contribution >= 0.6 is 0 Å². The Kier molecular flexibility index (Phi) is 4.73. The van der Waals surface area contributed by atoms with Crippen LogP contribution in [0.15, 0.2) is 0 Å². The topological polar surface area (TPSA) is 61.4 Å². The molecular weight excluding hydrogens is 206 g/mol. The Morgan fingerprint density at radius 3 is 2.69 bits per heavy atom. The monoisotopic (exact) mass is 227 g/mol. The largest absolute Gasteiger partial charge is 0.352 e. The van der Waals surface area contributed by atoms with E-state index in [4.69, 9.17) is 0 Å². The van der Waals surface area contributed by atoms with Gasteiger partial charge in [0.25, 0.3) is 0 Å². The molecule has 0 spiro atoms. The quantitative estimate of drug-likeness (QED) is 0.697. The van der Waals surface area contributed by atoms with Gasteiger partial charge in [0.1, 0.15) is 0 Å². The van der Waals surface area contributed by atoms with Crippen LogP contribution < -0.4 is 10.6 Å². The molecule has 0 bridgehead atoms. The molecule has 0 aromatic carbocycles. The molecule has 5 nitrogen and oxygen atoms in total. The SMILES string of the molecule is CNC(C)C(=O)N1CCCC(NC(C)=O)C1. The number of likely N-dealkylation sites (tertiary alicyclic amines) is 1. The van der Waals surface area contributed by atoms with Gasteiger partial charge in [-0.25, -0.2) is 0 Å². The second kappa shape index (κ2) is 5.84. The zero-order valence-corrected chi connectivity index (χ0v) is 10.2. The zero-order chi connectivity index (χ0) is 12.1. The first kappa shape index (κ1) is 13.0. The predicted molar refractivity (Wildman–Crippen MR) is 61.9 cm³/mol. The van der Waals surface area contributed by atoms with Crippen LogP contribution in [0, 0.1) is 0 Å². The first-order valence-electron chi connectivity index (χ1n) is 5.77. The summed E-state index contributed by atoms with van der Waals surface area (Å²) in [6.07, 6.45) is 1.91. The molecule has 0 aromatic rings. The Labute approximate surface area is 96.6 Å². The van der Waals surface area contributed by atoms with Crippen LogP contribution in [0.4, 0.5) is 0 Å². The van der Waals surface area contributed by atoms with Crippen molar-refractivity contribution in [3.8, 4) is 0 Å². The number of likely N-dealkylation sites (N-methyl/N-ethyl adjacent to an activating group) is 1. The molecule has 2 atom stereocenters. The number of piperidine rings is 1. The summed E-state index contributed by atoms with van der Waals surface area (Å²) >= 11 is 0. The van der Waals surface area contributed by atoms with Crippen molar-refractivity contribution in [3.05, 3.63) is 0 Å². The summed E-state index contributed by atoms with van der Waals surface area (Å²) in [5, 5.41) is 5.81. The summed E-state index contributed by atoms with van der Waals surface area (Å²) < 4.78 is 0. The van der Waals surface area contributed by atoms with E-state index in [1.807, 2.05) is 11.8 Å². The second-order valence-electron chi connectivity index (χ2n) is 4.33. The molecule has 0 aliphatic carbocycles. The van der Waals surface area contributed by atoms with Gasteiger partial charge in [-0.2, -0.15) is 0 Å². The van der Waals surface area contributed by atoms with Gasteiger partial charge in [0.05, 0.1) is 6.04 Å². The van der Waals surface area contributed by atoms with Crippen LogP contribution in [0.5, 0.6) is 0 Å². The van der Waals surface area contributed by atoms with Crippen molar-refractivity contribution in [2.24, 2.45) is 0 Å². The van der Waals surface area contributed by atoms with E-state index >= 15 is 0 Å². The highest BCUT2D eigenvalue weighted by atomic mass is 16.2. The van der Waals surface area contributed by atoms with E-state index in [0.29, 0.717) is 6.54 Å². The van der Waals surface area contributed by atoms with Crippen LogP contribution in [-0.2, 0) is 9.59 Å². The Balaban J connectivity index is 2.49. The van der Waals surface area contributed by atoms with Crippen molar-refractivity contribution in [1.82, 2.24) is 15.5 Å². The standard InChI is InChI=1S/C11H21N3O2/c1-8(12-3)11(16)14-6-4-5-10(7-14)13-9(2)15/h8,10,12H,4-7H2,1-3H3,(H,13,15). The molecule has 16 heavy (non-hydrogen) atoms. The molecule has 1 aliphatic heterocycles. The van der Waals surface area contributed by atoms with Crippen molar-refractivity contribution in [2.75, 3.05) is 20.1 Å². The van der Waals surface area contributed by atoms with Crippen LogP contribution in [0.2, 0.25) is 0 Å². The fraction of sp³-hybridized carbons (Fsp3) is 0.818. The maximum Gasteiger partial charge on any atom is 0.239 e. The fourth-order valence-corrected chi connectivity index (χ4v) is 1.98. The number of rotatable bonds is 3. The third-order valence-electron chi connectivity index (χ3n) is 2.94. The summed E-state index contributed by atoms with van der Waals surface area (Å²) in [5.74, 6) is 0.0820. The third kappa shape index (κ3) is 3.48. The summed E-state index contributed by atoms with van der Waals surface area (Å²) in [6.45, 7) is 4.78. The average molecular weight is 227 g/mol. The number of amides is 2. The van der Waals surface area contributed by atoms with Gasteiger partial charge < -0.3 is 15.5 Å². The molecule has 1 aliphatic rings. The first-order valence-corrected chi connectivity index (χ1v) is 5.77. The van der Waals surface area contributed by atoms with Crippen molar-refractivity contribution < 1.29 is 9.59 Å². The highest BCUT2D eigenvalue weighted by Crippen LogP contribution is 2.11. The summed E-state index contributed by atoms with van der Waals surface area (Å²) in [4.78, 5) is 24.7. The van der Waals surface area contributed by atoms with E-state index in [1.165, 1.54) is 6.92 Å². The fourth-order valence-electron chi connectivity index (χ4n) is 1.98. The lowest BCUT2D eigenvalue weighted by atomic mass is 10.0. The maximum absolute atomic E-state index is 11.9. The molecule has 5 heteroatoms. The lowest BCUT2D eigenvalue weighted by Gasteiger charge is -2.34. The lowest BCUT2D eigenvalue weighted by Crippen LogP contribution is -2.53. The zero-order valence-electron chi connectivity index (χ0n) is 10.2. The minimum absolute atomic E-state index is 0.0269. The molecule has 0 radical (unpaired) electrons. The van der Waals surface area contributed by atoms with E-state index in [9.17, 15) is 9.59 Å². The van der Waals surface area contributed by atoms with Crippen molar-refractivity contribution in [3.63, 3.8) is 0 Å². The predicted octanol–water partition coefficient (Wildman–Crippen LogP) is -0.279. The molecule has 92 valence electrons. The number of carbonyl (C=O) groups is 2. The van der Waals surface area contributed by atoms with Gasteiger partial charge in [0.15, 0.2) is 0 Å². The van der Waals surface area contributed by atoms with Crippen LogP contribution in [0.1, 0.15) is 26.7 Å². The van der Waals surface area contributed by atoms with Crippen molar-refractivity contribution >= 4 is 11.8 Å². The molecule has 2 unspecified atom stereocenters. The smallest absolute Gasteiger partial charge is 0.239 e. The molecular formula is C11H21N3O2. The molecule has 2 amide bonds. The van der Waals surface area contributed by atoms with Crippen molar-refractivity contribution in [1.29, 1.82) is 0 Å². The third-order valence-corrected chi connectivity index (χ3v) is 2.94. The Bertz CT molecular complexity index is 268. The highest BCUT2D eigenvalue weighted by molar-refractivity contribution is 5.81. The van der Waals surface area contributed by atoms with Gasteiger partial charge in [-0.1, -0.05) is 0 Å². The van der Waals surface area contributed by atoms with Gasteiger partial charge in [0.2, 0.25) is 11.8 Å². The van der Waals surface area contributed by atoms with Gasteiger partial charge in [-0.05, 0) is 26.8 Å². The van der Waals surface area contributed by atoms with E-state index in [-0.39, 0.29) is 23.9 Å². The van der Waals surface area contributed by atoms with Gasteiger partial charge in [-0.15, -0.1) is 0 Å². The number of nitrogens with zero attached hydrogens (tertiary/aromatic N) is 1. The van der Waals surface area contributed by atoms with Crippen LogP contribution in [0.25, 0.3) is 0 Å². The number of hydrogen-bond acceptors (Lipinski definition) is 3. The van der Waals surface area contributed by atoms with Crippen LogP contribution in [0.3, 0.4) is 0 Å². The van der Waals surface area contributed by atoms with Gasteiger partial charge in [0, 0.05) is 26.1 Å². The molecule has 1 rings (SSSR count). The van der Waals surface area contributed by atoms with Gasteiger partial charge in [-0.3, -0.25) is 9.59 Å². The molecule has 0 aromatic heterocycles. The molecule has 1 fully saturated rings. The van der Waals surface area contributed by atoms with E-state index in [0.717, 1.165) is 19.4 Å². The average Bonchev–Trinajstić information content (AvgIpc) is 2.26. The molecule has 1 saturated heterocycles. The Morgan fingerprint density at radius 2 is 2.12 bits per heavy atom. The number of nitrogens with one attached hydrogen (secondary N) is 2. The first-order chi connectivity index (χ1) is 7.54. The lowest BCUT2D eigenvalue weighted by molar-refractivity contribution is -0.135. The minimum atomic E-state index is -0.156. The molecule has 0 saturated carbocycles. The van der Waals surface area contributed by atoms with E-state index < -0.39 is 0 Å². The van der Waals surface area contributed by atoms with Gasteiger partial charge >= 0.3 is 0 Å². The normalized spacial score (nSPS) is 22.7. The Morgan fingerprint density at radius 1 is 1.44 bits per heavy atom. The summed E-state index contributed by atoms with van der Waals surface area (Å²) in [5.41, 5.74) is 0. The summed E-state index contributed by atoms with van der Waals surface area (Å²) in [6, 6.07) is -0.0460.